The predicted molar refractivity (Wildman–Crippen MR) is 60.6 cm³/mol. The molecule has 2 heteroatoms. The summed E-state index contributed by atoms with van der Waals surface area (Å²) in [5, 5.41) is 0. The van der Waals surface area contributed by atoms with Crippen LogP contribution in [0.4, 0.5) is 0 Å². The number of hydrogen-bond acceptors (Lipinski definition) is 2. The van der Waals surface area contributed by atoms with Crippen molar-refractivity contribution < 1.29 is 4.74 Å². The molecule has 0 amide bonds. The Kier molecular flexibility index (Phi) is 4.39. The van der Waals surface area contributed by atoms with Crippen molar-refractivity contribution >= 4 is 0 Å². The molecule has 1 rings (SSSR count). The topological polar surface area (TPSA) is 12.5 Å². The van der Waals surface area contributed by atoms with Gasteiger partial charge in [0.05, 0.1) is 6.10 Å². The second kappa shape index (κ2) is 5.13. The summed E-state index contributed by atoms with van der Waals surface area (Å²) in [6, 6.07) is 0. The molecule has 0 aromatic carbocycles. The summed E-state index contributed by atoms with van der Waals surface area (Å²) in [6.07, 6.45) is 4.07. The Bertz CT molecular complexity index is 154. The molecule has 0 aromatic rings. The van der Waals surface area contributed by atoms with E-state index in [1.54, 1.807) is 0 Å². The van der Waals surface area contributed by atoms with Crippen LogP contribution in [0.2, 0.25) is 0 Å². The van der Waals surface area contributed by atoms with Gasteiger partial charge in [0, 0.05) is 25.2 Å². The van der Waals surface area contributed by atoms with Gasteiger partial charge in [-0.1, -0.05) is 6.92 Å². The molecular weight excluding hydrogens is 174 g/mol. The maximum Gasteiger partial charge on any atom is 0.0599 e. The summed E-state index contributed by atoms with van der Waals surface area (Å²) in [5.41, 5.74) is 0.329. The van der Waals surface area contributed by atoms with Gasteiger partial charge in [-0.3, -0.25) is 4.90 Å². The van der Waals surface area contributed by atoms with Gasteiger partial charge >= 0.3 is 0 Å². The van der Waals surface area contributed by atoms with Crippen LogP contribution in [0.3, 0.4) is 0 Å². The lowest BCUT2D eigenvalue weighted by molar-refractivity contribution is -0.0125. The van der Waals surface area contributed by atoms with Crippen LogP contribution in [-0.2, 0) is 4.74 Å². The highest BCUT2D eigenvalue weighted by atomic mass is 16.5. The van der Waals surface area contributed by atoms with Gasteiger partial charge in [0.15, 0.2) is 0 Å². The Labute approximate surface area is 88.6 Å². The SMILES string of the molecule is CCCOC1CCN(C(C)(C)C)CC1. The van der Waals surface area contributed by atoms with E-state index in [1.165, 1.54) is 25.9 Å². The first-order chi connectivity index (χ1) is 6.54. The van der Waals surface area contributed by atoms with Gasteiger partial charge in [-0.15, -0.1) is 0 Å². The molecule has 0 unspecified atom stereocenters. The van der Waals surface area contributed by atoms with Gasteiger partial charge < -0.3 is 4.74 Å². The normalized spacial score (nSPS) is 21.4. The summed E-state index contributed by atoms with van der Waals surface area (Å²) in [4.78, 5) is 2.55. The minimum absolute atomic E-state index is 0.329. The number of hydrogen-bond donors (Lipinski definition) is 0. The summed E-state index contributed by atoms with van der Waals surface area (Å²) >= 11 is 0. The highest BCUT2D eigenvalue weighted by Crippen LogP contribution is 2.21. The summed E-state index contributed by atoms with van der Waals surface area (Å²) in [7, 11) is 0. The largest absolute Gasteiger partial charge is 0.378 e. The fourth-order valence-electron chi connectivity index (χ4n) is 1.98. The second-order valence-electron chi connectivity index (χ2n) is 5.23. The monoisotopic (exact) mass is 199 g/mol. The molecule has 1 aliphatic rings. The quantitative estimate of drug-likeness (QED) is 0.693. The van der Waals surface area contributed by atoms with Crippen LogP contribution < -0.4 is 0 Å². The van der Waals surface area contributed by atoms with Crippen molar-refractivity contribution in [1.82, 2.24) is 4.90 Å². The first-order valence-corrected chi connectivity index (χ1v) is 5.90. The first-order valence-electron chi connectivity index (χ1n) is 5.90. The zero-order valence-corrected chi connectivity index (χ0v) is 10.2. The molecule has 0 aromatic heterocycles. The predicted octanol–water partition coefficient (Wildman–Crippen LogP) is 2.68. The van der Waals surface area contributed by atoms with E-state index < -0.39 is 0 Å². The van der Waals surface area contributed by atoms with Crippen molar-refractivity contribution in [3.8, 4) is 0 Å². The molecular formula is C12H25NO. The smallest absolute Gasteiger partial charge is 0.0599 e. The molecule has 1 fully saturated rings. The van der Waals surface area contributed by atoms with Crippen molar-refractivity contribution in [2.75, 3.05) is 19.7 Å². The van der Waals surface area contributed by atoms with Crippen LogP contribution in [0, 0.1) is 0 Å². The number of nitrogens with zero attached hydrogens (tertiary/aromatic N) is 1. The summed E-state index contributed by atoms with van der Waals surface area (Å²) in [5.74, 6) is 0. The van der Waals surface area contributed by atoms with Crippen molar-refractivity contribution in [3.05, 3.63) is 0 Å². The Morgan fingerprint density at radius 1 is 1.21 bits per heavy atom. The highest BCUT2D eigenvalue weighted by molar-refractivity contribution is 4.81. The van der Waals surface area contributed by atoms with Gasteiger partial charge in [0.2, 0.25) is 0 Å². The average molecular weight is 199 g/mol. The van der Waals surface area contributed by atoms with E-state index in [2.05, 4.69) is 32.6 Å². The van der Waals surface area contributed by atoms with E-state index >= 15 is 0 Å². The van der Waals surface area contributed by atoms with Gasteiger partial charge in [-0.25, -0.2) is 0 Å². The summed E-state index contributed by atoms with van der Waals surface area (Å²) < 4.78 is 5.77. The van der Waals surface area contributed by atoms with E-state index in [1.807, 2.05) is 0 Å². The molecule has 0 N–H and O–H groups in total. The van der Waals surface area contributed by atoms with E-state index in [0.29, 0.717) is 11.6 Å². The molecule has 84 valence electrons. The van der Waals surface area contributed by atoms with Crippen molar-refractivity contribution in [3.63, 3.8) is 0 Å². The van der Waals surface area contributed by atoms with E-state index in [9.17, 15) is 0 Å². The molecule has 2 nitrogen and oxygen atoms in total. The standard InChI is InChI=1S/C12H25NO/c1-5-10-14-11-6-8-13(9-7-11)12(2,3)4/h11H,5-10H2,1-4H3. The van der Waals surface area contributed by atoms with Crippen molar-refractivity contribution in [2.24, 2.45) is 0 Å². The summed E-state index contributed by atoms with van der Waals surface area (Å²) in [6.45, 7) is 12.4. The fourth-order valence-corrected chi connectivity index (χ4v) is 1.98. The Morgan fingerprint density at radius 3 is 2.21 bits per heavy atom. The molecule has 1 heterocycles. The third-order valence-corrected chi connectivity index (χ3v) is 2.95. The second-order valence-corrected chi connectivity index (χ2v) is 5.23. The van der Waals surface area contributed by atoms with Gasteiger partial charge in [-0.05, 0) is 40.0 Å². The number of ether oxygens (including phenoxy) is 1. The van der Waals surface area contributed by atoms with Crippen LogP contribution in [-0.4, -0.2) is 36.2 Å². The first kappa shape index (κ1) is 12.0. The zero-order valence-electron chi connectivity index (χ0n) is 10.2. The lowest BCUT2D eigenvalue weighted by Gasteiger charge is -2.40. The van der Waals surface area contributed by atoms with E-state index in [4.69, 9.17) is 4.74 Å². The molecule has 0 atom stereocenters. The van der Waals surface area contributed by atoms with Crippen LogP contribution in [0.5, 0.6) is 0 Å². The number of likely N-dealkylation sites (tertiary alicyclic amines) is 1. The Balaban J connectivity index is 2.24. The van der Waals surface area contributed by atoms with Crippen LogP contribution in [0.1, 0.15) is 47.0 Å². The Hall–Kier alpha value is -0.0800. The van der Waals surface area contributed by atoms with Gasteiger partial charge in [0.25, 0.3) is 0 Å². The maximum atomic E-state index is 5.77. The molecule has 0 radical (unpaired) electrons. The van der Waals surface area contributed by atoms with Crippen LogP contribution >= 0.6 is 0 Å². The lowest BCUT2D eigenvalue weighted by atomic mass is 9.99. The third kappa shape index (κ3) is 3.58. The molecule has 0 aliphatic carbocycles. The number of rotatable bonds is 3. The van der Waals surface area contributed by atoms with Gasteiger partial charge in [0.1, 0.15) is 0 Å². The Morgan fingerprint density at radius 2 is 1.79 bits per heavy atom. The molecule has 14 heavy (non-hydrogen) atoms. The van der Waals surface area contributed by atoms with E-state index in [-0.39, 0.29) is 0 Å². The fraction of sp³-hybridized carbons (Fsp3) is 1.00. The molecule has 0 bridgehead atoms. The van der Waals surface area contributed by atoms with Crippen LogP contribution in [0.15, 0.2) is 0 Å². The minimum atomic E-state index is 0.329. The van der Waals surface area contributed by atoms with E-state index in [0.717, 1.165) is 13.0 Å². The molecule has 1 saturated heterocycles. The van der Waals surface area contributed by atoms with Crippen molar-refractivity contribution in [1.29, 1.82) is 0 Å². The van der Waals surface area contributed by atoms with Crippen molar-refractivity contribution in [2.45, 2.75) is 58.6 Å². The van der Waals surface area contributed by atoms with Gasteiger partial charge in [-0.2, -0.15) is 0 Å². The third-order valence-electron chi connectivity index (χ3n) is 2.95. The highest BCUT2D eigenvalue weighted by Gasteiger charge is 2.26. The number of piperidine rings is 1. The minimum Gasteiger partial charge on any atom is -0.378 e. The molecule has 0 spiro atoms. The average Bonchev–Trinajstić information content (AvgIpc) is 2.14. The maximum absolute atomic E-state index is 5.77. The lowest BCUT2D eigenvalue weighted by Crippen LogP contribution is -2.47. The van der Waals surface area contributed by atoms with Crippen LogP contribution in [0.25, 0.3) is 0 Å². The zero-order chi connectivity index (χ0) is 10.6. The molecule has 0 saturated carbocycles. The molecule has 1 aliphatic heterocycles.